The van der Waals surface area contributed by atoms with Gasteiger partial charge in [-0.3, -0.25) is 4.84 Å². The second-order valence-corrected chi connectivity index (χ2v) is 2.06. The van der Waals surface area contributed by atoms with Crippen molar-refractivity contribution >= 4 is 0 Å². The Morgan fingerprint density at radius 1 is 1.70 bits per heavy atom. The van der Waals surface area contributed by atoms with E-state index in [0.29, 0.717) is 0 Å². The Bertz CT molecular complexity index is 137. The highest BCUT2D eigenvalue weighted by Gasteiger charge is 1.97. The van der Waals surface area contributed by atoms with Crippen molar-refractivity contribution in [1.82, 2.24) is 5.48 Å². The molecule has 0 aromatic rings. The molecule has 1 N–H and O–H groups in total. The molecule has 2 heteroatoms. The van der Waals surface area contributed by atoms with Crippen LogP contribution in [0.4, 0.5) is 0 Å². The van der Waals surface area contributed by atoms with E-state index in [0.717, 1.165) is 0 Å². The fourth-order valence-corrected chi connectivity index (χ4v) is 0.292. The Balaban J connectivity index is 3.37. The van der Waals surface area contributed by atoms with Gasteiger partial charge in [0, 0.05) is 0 Å². The number of hydroxylamine groups is 1. The third kappa shape index (κ3) is 4.13. The Kier molecular flexibility index (Phi) is 4.65. The lowest BCUT2D eigenvalue weighted by Crippen LogP contribution is -2.27. The minimum absolute atomic E-state index is 0.00389. The molecule has 2 unspecified atom stereocenters. The number of rotatable bonds is 4. The summed E-state index contributed by atoms with van der Waals surface area (Å²) in [6.45, 7) is 7.27. The summed E-state index contributed by atoms with van der Waals surface area (Å²) in [5, 5.41) is 0. The van der Waals surface area contributed by atoms with Crippen LogP contribution in [0.1, 0.15) is 13.8 Å². The SMILES string of the molecule is C#CC(C)NOC(C)C=C. The maximum Gasteiger partial charge on any atom is 0.0941 e. The van der Waals surface area contributed by atoms with Gasteiger partial charge in [-0.05, 0) is 13.8 Å². The maximum atomic E-state index is 5.08. The van der Waals surface area contributed by atoms with Crippen LogP contribution in [-0.4, -0.2) is 12.1 Å². The van der Waals surface area contributed by atoms with Gasteiger partial charge < -0.3 is 0 Å². The summed E-state index contributed by atoms with van der Waals surface area (Å²) in [7, 11) is 0. The molecule has 0 aliphatic rings. The highest BCUT2D eigenvalue weighted by atomic mass is 16.7. The van der Waals surface area contributed by atoms with E-state index in [9.17, 15) is 0 Å². The summed E-state index contributed by atoms with van der Waals surface area (Å²) in [4.78, 5) is 5.03. The van der Waals surface area contributed by atoms with Gasteiger partial charge in [0.2, 0.25) is 0 Å². The van der Waals surface area contributed by atoms with Crippen molar-refractivity contribution in [2.24, 2.45) is 0 Å². The zero-order valence-electron chi connectivity index (χ0n) is 6.42. The molecule has 56 valence electrons. The minimum Gasteiger partial charge on any atom is -0.293 e. The summed E-state index contributed by atoms with van der Waals surface area (Å²) in [6, 6.07) is -0.0533. The van der Waals surface area contributed by atoms with Crippen LogP contribution in [-0.2, 0) is 4.84 Å². The van der Waals surface area contributed by atoms with Crippen LogP contribution in [0.15, 0.2) is 12.7 Å². The predicted octanol–water partition coefficient (Wildman–Crippen LogP) is 1.10. The zero-order valence-corrected chi connectivity index (χ0v) is 6.42. The minimum atomic E-state index is -0.0533. The average Bonchev–Trinajstić information content (AvgIpc) is 1.99. The smallest absolute Gasteiger partial charge is 0.0941 e. The quantitative estimate of drug-likeness (QED) is 0.358. The van der Waals surface area contributed by atoms with Crippen molar-refractivity contribution in [1.29, 1.82) is 0 Å². The van der Waals surface area contributed by atoms with Crippen LogP contribution in [0.2, 0.25) is 0 Å². The Hall–Kier alpha value is -0.780. The second-order valence-electron chi connectivity index (χ2n) is 2.06. The second kappa shape index (κ2) is 5.04. The van der Waals surface area contributed by atoms with Crippen LogP contribution >= 0.6 is 0 Å². The third-order valence-corrected chi connectivity index (χ3v) is 1.01. The summed E-state index contributed by atoms with van der Waals surface area (Å²) in [5.41, 5.74) is 2.68. The molecule has 2 atom stereocenters. The average molecular weight is 139 g/mol. The molecule has 2 nitrogen and oxygen atoms in total. The summed E-state index contributed by atoms with van der Waals surface area (Å²) in [5.74, 6) is 2.47. The van der Waals surface area contributed by atoms with E-state index in [1.807, 2.05) is 13.8 Å². The largest absolute Gasteiger partial charge is 0.293 e. The lowest BCUT2D eigenvalue weighted by atomic mass is 10.4. The molecular weight excluding hydrogens is 126 g/mol. The van der Waals surface area contributed by atoms with Crippen molar-refractivity contribution in [3.8, 4) is 12.3 Å². The molecule has 0 aliphatic carbocycles. The number of terminal acetylenes is 1. The first kappa shape index (κ1) is 9.22. The van der Waals surface area contributed by atoms with Crippen molar-refractivity contribution < 1.29 is 4.84 Å². The van der Waals surface area contributed by atoms with E-state index in [-0.39, 0.29) is 12.1 Å². The fourth-order valence-electron chi connectivity index (χ4n) is 0.292. The molecule has 0 fully saturated rings. The number of hydrogen-bond donors (Lipinski definition) is 1. The van der Waals surface area contributed by atoms with Gasteiger partial charge in [0.25, 0.3) is 0 Å². The van der Waals surface area contributed by atoms with E-state index in [1.165, 1.54) is 0 Å². The van der Waals surface area contributed by atoms with E-state index in [1.54, 1.807) is 6.08 Å². The van der Waals surface area contributed by atoms with Gasteiger partial charge >= 0.3 is 0 Å². The van der Waals surface area contributed by atoms with Gasteiger partial charge in [0.05, 0.1) is 12.1 Å². The Labute approximate surface area is 62.2 Å². The first-order valence-electron chi connectivity index (χ1n) is 3.20. The normalized spacial score (nSPS) is 15.3. The molecule has 0 saturated carbocycles. The Morgan fingerprint density at radius 3 is 2.70 bits per heavy atom. The number of nitrogens with one attached hydrogen (secondary N) is 1. The highest BCUT2D eigenvalue weighted by molar-refractivity contribution is 4.94. The molecule has 10 heavy (non-hydrogen) atoms. The van der Waals surface area contributed by atoms with Crippen molar-refractivity contribution in [3.63, 3.8) is 0 Å². The lowest BCUT2D eigenvalue weighted by molar-refractivity contribution is 0.00171. The van der Waals surface area contributed by atoms with Gasteiger partial charge in [-0.1, -0.05) is 12.0 Å². The first-order valence-corrected chi connectivity index (χ1v) is 3.20. The molecule has 0 bridgehead atoms. The van der Waals surface area contributed by atoms with Crippen LogP contribution in [0.3, 0.4) is 0 Å². The molecule has 0 spiro atoms. The van der Waals surface area contributed by atoms with Gasteiger partial charge in [-0.15, -0.1) is 13.0 Å². The van der Waals surface area contributed by atoms with E-state index in [2.05, 4.69) is 18.0 Å². The zero-order chi connectivity index (χ0) is 7.98. The molecule has 0 radical (unpaired) electrons. The monoisotopic (exact) mass is 139 g/mol. The Morgan fingerprint density at radius 2 is 2.30 bits per heavy atom. The van der Waals surface area contributed by atoms with Gasteiger partial charge in [0.1, 0.15) is 0 Å². The standard InChI is InChI=1S/C8H13NO/c1-5-7(3)9-10-8(4)6-2/h1,6-9H,2H2,3-4H3. The van der Waals surface area contributed by atoms with Gasteiger partial charge in [-0.25, -0.2) is 0 Å². The summed E-state index contributed by atoms with van der Waals surface area (Å²) in [6.07, 6.45) is 6.77. The maximum absolute atomic E-state index is 5.08. The molecule has 0 aliphatic heterocycles. The van der Waals surface area contributed by atoms with Crippen LogP contribution in [0, 0.1) is 12.3 Å². The summed E-state index contributed by atoms with van der Waals surface area (Å²) >= 11 is 0. The van der Waals surface area contributed by atoms with Gasteiger partial charge in [0.15, 0.2) is 0 Å². The van der Waals surface area contributed by atoms with Crippen LogP contribution in [0.25, 0.3) is 0 Å². The van der Waals surface area contributed by atoms with Crippen molar-refractivity contribution in [2.75, 3.05) is 0 Å². The molecule has 0 aromatic carbocycles. The molecule has 0 rings (SSSR count). The van der Waals surface area contributed by atoms with Crippen LogP contribution < -0.4 is 5.48 Å². The molecule has 0 saturated heterocycles. The first-order chi connectivity index (χ1) is 4.70. The predicted molar refractivity (Wildman–Crippen MR) is 42.2 cm³/mol. The van der Waals surface area contributed by atoms with E-state index >= 15 is 0 Å². The number of hydrogen-bond acceptors (Lipinski definition) is 2. The van der Waals surface area contributed by atoms with Crippen LogP contribution in [0.5, 0.6) is 0 Å². The van der Waals surface area contributed by atoms with Gasteiger partial charge in [-0.2, -0.15) is 5.48 Å². The van der Waals surface area contributed by atoms with E-state index < -0.39 is 0 Å². The van der Waals surface area contributed by atoms with E-state index in [4.69, 9.17) is 11.3 Å². The topological polar surface area (TPSA) is 21.3 Å². The van der Waals surface area contributed by atoms with Crippen molar-refractivity contribution in [3.05, 3.63) is 12.7 Å². The van der Waals surface area contributed by atoms with Crippen molar-refractivity contribution in [2.45, 2.75) is 26.0 Å². The fraction of sp³-hybridized carbons (Fsp3) is 0.500. The molecule has 0 amide bonds. The third-order valence-electron chi connectivity index (χ3n) is 1.01. The molecule has 0 aromatic heterocycles. The molecule has 0 heterocycles. The highest BCUT2D eigenvalue weighted by Crippen LogP contribution is 1.88. The lowest BCUT2D eigenvalue weighted by Gasteiger charge is -2.10. The molecular formula is C8H13NO. The summed E-state index contributed by atoms with van der Waals surface area (Å²) < 4.78 is 0.